The van der Waals surface area contributed by atoms with Gasteiger partial charge < -0.3 is 14.6 Å². The number of aromatic nitrogens is 2. The van der Waals surface area contributed by atoms with Gasteiger partial charge in [-0.2, -0.15) is 0 Å². The number of carbonyl (C=O) groups excluding carboxylic acids is 1. The van der Waals surface area contributed by atoms with Crippen molar-refractivity contribution in [3.63, 3.8) is 0 Å². The van der Waals surface area contributed by atoms with Crippen molar-refractivity contribution in [2.75, 3.05) is 5.32 Å². The summed E-state index contributed by atoms with van der Waals surface area (Å²) in [5, 5.41) is 2.88. The van der Waals surface area contributed by atoms with Crippen LogP contribution in [-0.2, 0) is 24.4 Å². The molecule has 5 heteroatoms. The molecule has 1 aromatic carbocycles. The summed E-state index contributed by atoms with van der Waals surface area (Å²) < 4.78 is 7.82. The molecule has 20 heavy (non-hydrogen) atoms. The van der Waals surface area contributed by atoms with Crippen molar-refractivity contribution < 1.29 is 9.53 Å². The molecule has 1 N–H and O–H groups in total. The van der Waals surface area contributed by atoms with Crippen LogP contribution in [0.15, 0.2) is 30.7 Å². The lowest BCUT2D eigenvalue weighted by atomic mass is 10.0. The molecule has 0 radical (unpaired) electrons. The van der Waals surface area contributed by atoms with E-state index in [1.54, 1.807) is 6.33 Å². The van der Waals surface area contributed by atoms with E-state index in [4.69, 9.17) is 4.74 Å². The maximum Gasteiger partial charge on any atom is 0.224 e. The standard InChI is InChI=1S/C15H17N3O2/c1-2-18-10-16-8-12(18)9-20-13-5-3-11-4-6-15(19)17-14(11)7-13/h3,5,7-8,10H,2,4,6,9H2,1H3,(H,17,19). The Kier molecular flexibility index (Phi) is 3.41. The van der Waals surface area contributed by atoms with Gasteiger partial charge in [0.1, 0.15) is 12.4 Å². The number of rotatable bonds is 4. The highest BCUT2D eigenvalue weighted by Gasteiger charge is 2.15. The lowest BCUT2D eigenvalue weighted by Gasteiger charge is -2.17. The molecule has 5 nitrogen and oxygen atoms in total. The Balaban J connectivity index is 1.72. The van der Waals surface area contributed by atoms with Gasteiger partial charge in [-0.1, -0.05) is 6.07 Å². The fourth-order valence-corrected chi connectivity index (χ4v) is 2.35. The molecule has 0 atom stereocenters. The van der Waals surface area contributed by atoms with Crippen molar-refractivity contribution in [3.05, 3.63) is 42.0 Å². The molecule has 3 rings (SSSR count). The Hall–Kier alpha value is -2.30. The van der Waals surface area contributed by atoms with Crippen LogP contribution < -0.4 is 10.1 Å². The van der Waals surface area contributed by atoms with Gasteiger partial charge in [0.05, 0.1) is 18.2 Å². The first-order valence-corrected chi connectivity index (χ1v) is 6.81. The van der Waals surface area contributed by atoms with E-state index in [0.29, 0.717) is 13.0 Å². The molecule has 1 amide bonds. The van der Waals surface area contributed by atoms with Gasteiger partial charge in [0.25, 0.3) is 0 Å². The molecule has 1 aliphatic heterocycles. The van der Waals surface area contributed by atoms with Gasteiger partial charge in [-0.05, 0) is 25.0 Å². The van der Waals surface area contributed by atoms with E-state index >= 15 is 0 Å². The number of anilines is 1. The number of benzene rings is 1. The zero-order chi connectivity index (χ0) is 13.9. The summed E-state index contributed by atoms with van der Waals surface area (Å²) in [6, 6.07) is 5.85. The monoisotopic (exact) mass is 271 g/mol. The molecule has 0 saturated heterocycles. The van der Waals surface area contributed by atoms with Crippen LogP contribution in [0.25, 0.3) is 0 Å². The summed E-state index contributed by atoms with van der Waals surface area (Å²) in [5.74, 6) is 0.827. The summed E-state index contributed by atoms with van der Waals surface area (Å²) in [6.45, 7) is 3.42. The number of hydrogen-bond acceptors (Lipinski definition) is 3. The van der Waals surface area contributed by atoms with E-state index in [1.807, 2.05) is 29.0 Å². The normalized spacial score (nSPS) is 13.8. The largest absolute Gasteiger partial charge is 0.487 e. The minimum atomic E-state index is 0.0682. The molecule has 1 aliphatic rings. The summed E-state index contributed by atoms with van der Waals surface area (Å²) >= 11 is 0. The van der Waals surface area contributed by atoms with Crippen LogP contribution in [-0.4, -0.2) is 15.5 Å². The molecular weight excluding hydrogens is 254 g/mol. The van der Waals surface area contributed by atoms with Crippen LogP contribution in [0.5, 0.6) is 5.75 Å². The van der Waals surface area contributed by atoms with E-state index in [9.17, 15) is 4.79 Å². The highest BCUT2D eigenvalue weighted by atomic mass is 16.5. The van der Waals surface area contributed by atoms with Gasteiger partial charge in [-0.25, -0.2) is 4.98 Å². The average molecular weight is 271 g/mol. The summed E-state index contributed by atoms with van der Waals surface area (Å²) in [7, 11) is 0. The number of nitrogens with zero attached hydrogens (tertiary/aromatic N) is 2. The van der Waals surface area contributed by atoms with Gasteiger partial charge in [-0.3, -0.25) is 4.79 Å². The number of carbonyl (C=O) groups is 1. The lowest BCUT2D eigenvalue weighted by molar-refractivity contribution is -0.116. The molecule has 0 fully saturated rings. The quantitative estimate of drug-likeness (QED) is 0.928. The molecule has 0 spiro atoms. The fourth-order valence-electron chi connectivity index (χ4n) is 2.35. The van der Waals surface area contributed by atoms with Crippen molar-refractivity contribution in [2.45, 2.75) is 32.9 Å². The van der Waals surface area contributed by atoms with E-state index in [1.165, 1.54) is 0 Å². The fraction of sp³-hybridized carbons (Fsp3) is 0.333. The molecular formula is C15H17N3O2. The Bertz CT molecular complexity index is 634. The first kappa shape index (κ1) is 12.7. The predicted molar refractivity (Wildman–Crippen MR) is 75.6 cm³/mol. The van der Waals surface area contributed by atoms with E-state index < -0.39 is 0 Å². The molecule has 2 aromatic rings. The van der Waals surface area contributed by atoms with Gasteiger partial charge in [0.15, 0.2) is 0 Å². The Morgan fingerprint density at radius 2 is 2.30 bits per heavy atom. The number of aryl methyl sites for hydroxylation is 2. The first-order chi connectivity index (χ1) is 9.76. The minimum absolute atomic E-state index is 0.0682. The number of nitrogens with one attached hydrogen (secondary N) is 1. The average Bonchev–Trinajstić information content (AvgIpc) is 2.92. The highest BCUT2D eigenvalue weighted by molar-refractivity contribution is 5.94. The topological polar surface area (TPSA) is 56.1 Å². The van der Waals surface area contributed by atoms with Crippen molar-refractivity contribution in [2.24, 2.45) is 0 Å². The van der Waals surface area contributed by atoms with Crippen molar-refractivity contribution >= 4 is 11.6 Å². The van der Waals surface area contributed by atoms with E-state index in [2.05, 4.69) is 17.2 Å². The summed E-state index contributed by atoms with van der Waals surface area (Å²) in [4.78, 5) is 15.5. The SMILES string of the molecule is CCn1cncc1COc1ccc2c(c1)NC(=O)CC2. The molecule has 1 aromatic heterocycles. The van der Waals surface area contributed by atoms with Crippen LogP contribution in [0.3, 0.4) is 0 Å². The number of amides is 1. The van der Waals surface area contributed by atoms with Gasteiger partial charge in [0.2, 0.25) is 5.91 Å². The van der Waals surface area contributed by atoms with Gasteiger partial charge in [-0.15, -0.1) is 0 Å². The molecule has 2 heterocycles. The smallest absolute Gasteiger partial charge is 0.224 e. The minimum Gasteiger partial charge on any atom is -0.487 e. The highest BCUT2D eigenvalue weighted by Crippen LogP contribution is 2.27. The maximum atomic E-state index is 11.4. The first-order valence-electron chi connectivity index (χ1n) is 6.81. The zero-order valence-corrected chi connectivity index (χ0v) is 11.4. The van der Waals surface area contributed by atoms with Crippen molar-refractivity contribution in [1.82, 2.24) is 9.55 Å². The van der Waals surface area contributed by atoms with Gasteiger partial charge in [0, 0.05) is 24.7 Å². The predicted octanol–water partition coefficient (Wildman–Crippen LogP) is 2.37. The Morgan fingerprint density at radius 1 is 1.40 bits per heavy atom. The van der Waals surface area contributed by atoms with Crippen LogP contribution in [0.4, 0.5) is 5.69 Å². The number of hydrogen-bond donors (Lipinski definition) is 1. The third kappa shape index (κ3) is 2.52. The van der Waals surface area contributed by atoms with Crippen molar-refractivity contribution in [1.29, 1.82) is 0 Å². The third-order valence-corrected chi connectivity index (χ3v) is 3.50. The number of imidazole rings is 1. The molecule has 0 aliphatic carbocycles. The summed E-state index contributed by atoms with van der Waals surface area (Å²) in [6.07, 6.45) is 4.96. The van der Waals surface area contributed by atoms with Crippen LogP contribution in [0.2, 0.25) is 0 Å². The second-order valence-electron chi connectivity index (χ2n) is 4.83. The number of ether oxygens (including phenoxy) is 1. The van der Waals surface area contributed by atoms with Gasteiger partial charge >= 0.3 is 0 Å². The van der Waals surface area contributed by atoms with Crippen LogP contribution >= 0.6 is 0 Å². The van der Waals surface area contributed by atoms with Crippen LogP contribution in [0, 0.1) is 0 Å². The molecule has 0 saturated carbocycles. The molecule has 0 bridgehead atoms. The Labute approximate surface area is 117 Å². The molecule has 104 valence electrons. The second kappa shape index (κ2) is 5.36. The molecule has 0 unspecified atom stereocenters. The lowest BCUT2D eigenvalue weighted by Crippen LogP contribution is -2.18. The zero-order valence-electron chi connectivity index (χ0n) is 11.4. The van der Waals surface area contributed by atoms with E-state index in [0.717, 1.165) is 35.7 Å². The van der Waals surface area contributed by atoms with Crippen molar-refractivity contribution in [3.8, 4) is 5.75 Å². The Morgan fingerprint density at radius 3 is 3.15 bits per heavy atom. The second-order valence-corrected chi connectivity index (χ2v) is 4.83. The number of fused-ring (bicyclic) bond motifs is 1. The summed E-state index contributed by atoms with van der Waals surface area (Å²) in [5.41, 5.74) is 3.06. The van der Waals surface area contributed by atoms with Crippen LogP contribution in [0.1, 0.15) is 24.6 Å². The third-order valence-electron chi connectivity index (χ3n) is 3.50. The maximum absolute atomic E-state index is 11.4. The van der Waals surface area contributed by atoms with E-state index in [-0.39, 0.29) is 5.91 Å².